The molecule has 6 nitrogen and oxygen atoms in total. The number of hydrogen-bond donors (Lipinski definition) is 1. The van der Waals surface area contributed by atoms with E-state index in [4.69, 9.17) is 22.7 Å². The molecule has 0 saturated heterocycles. The van der Waals surface area contributed by atoms with Crippen molar-refractivity contribution in [2.75, 3.05) is 7.11 Å². The molecule has 0 saturated carbocycles. The second kappa shape index (κ2) is 5.92. The fourth-order valence-corrected chi connectivity index (χ4v) is 2.12. The first kappa shape index (κ1) is 15.0. The van der Waals surface area contributed by atoms with Crippen LogP contribution in [-0.2, 0) is 13.6 Å². The molecule has 2 N–H and O–H groups in total. The van der Waals surface area contributed by atoms with Gasteiger partial charge in [0.05, 0.1) is 19.2 Å². The van der Waals surface area contributed by atoms with E-state index in [0.29, 0.717) is 11.3 Å². The van der Waals surface area contributed by atoms with Crippen LogP contribution in [0.5, 0.6) is 5.75 Å². The van der Waals surface area contributed by atoms with Gasteiger partial charge in [0, 0.05) is 19.4 Å². The first-order chi connectivity index (χ1) is 9.93. The van der Waals surface area contributed by atoms with Gasteiger partial charge in [-0.05, 0) is 17.7 Å². The Morgan fingerprint density at radius 3 is 2.62 bits per heavy atom. The number of ether oxygens (including phenoxy) is 1. The molecule has 1 aromatic carbocycles. The van der Waals surface area contributed by atoms with Crippen molar-refractivity contribution < 1.29 is 4.74 Å². The van der Waals surface area contributed by atoms with Crippen molar-refractivity contribution in [3.8, 4) is 5.75 Å². The van der Waals surface area contributed by atoms with Crippen LogP contribution in [0.4, 0.5) is 0 Å². The monoisotopic (exact) mass is 305 g/mol. The lowest BCUT2D eigenvalue weighted by atomic mass is 10.1. The van der Waals surface area contributed by atoms with Gasteiger partial charge in [0.25, 0.3) is 0 Å². The minimum absolute atomic E-state index is 0.213. The van der Waals surface area contributed by atoms with E-state index >= 15 is 0 Å². The quantitative estimate of drug-likeness (QED) is 0.646. The van der Waals surface area contributed by atoms with E-state index in [1.807, 2.05) is 0 Å². The van der Waals surface area contributed by atoms with Gasteiger partial charge in [0.15, 0.2) is 0 Å². The Balaban J connectivity index is 2.43. The minimum Gasteiger partial charge on any atom is -0.496 e. The van der Waals surface area contributed by atoms with Crippen LogP contribution in [0.2, 0.25) is 0 Å². The molecule has 0 unspecified atom stereocenters. The van der Waals surface area contributed by atoms with Crippen LogP contribution < -0.4 is 21.6 Å². The van der Waals surface area contributed by atoms with Crippen LogP contribution in [0.25, 0.3) is 0 Å². The van der Waals surface area contributed by atoms with E-state index in [0.717, 1.165) is 5.56 Å². The summed E-state index contributed by atoms with van der Waals surface area (Å²) in [5.74, 6) is 0.572. The molecule has 0 spiro atoms. The summed E-state index contributed by atoms with van der Waals surface area (Å²) in [7, 11) is 3.06. The smallest absolute Gasteiger partial charge is 0.316 e. The van der Waals surface area contributed by atoms with Crippen LogP contribution in [0, 0.1) is 0 Å². The van der Waals surface area contributed by atoms with Gasteiger partial charge < -0.3 is 19.6 Å². The zero-order valence-corrected chi connectivity index (χ0v) is 12.5. The first-order valence-corrected chi connectivity index (χ1v) is 6.57. The van der Waals surface area contributed by atoms with Gasteiger partial charge in [-0.2, -0.15) is 0 Å². The highest BCUT2D eigenvalue weighted by molar-refractivity contribution is 7.80. The van der Waals surface area contributed by atoms with Gasteiger partial charge in [0.1, 0.15) is 10.7 Å². The Labute approximate surface area is 126 Å². The fraction of sp³-hybridized carbons (Fsp3) is 0.214. The maximum Gasteiger partial charge on any atom is 0.316 e. The molecule has 0 radical (unpaired) electrons. The molecule has 0 atom stereocenters. The number of aryl methyl sites for hydroxylation is 1. The van der Waals surface area contributed by atoms with Gasteiger partial charge in [-0.15, -0.1) is 0 Å². The summed E-state index contributed by atoms with van der Waals surface area (Å²) in [5, 5.41) is 0. The first-order valence-electron chi connectivity index (χ1n) is 6.17. The van der Waals surface area contributed by atoms with Crippen molar-refractivity contribution in [2.24, 2.45) is 12.8 Å². The predicted octanol–water partition coefficient (Wildman–Crippen LogP) is 0.238. The van der Waals surface area contributed by atoms with Crippen molar-refractivity contribution >= 4 is 17.2 Å². The number of hydrogen-bond acceptors (Lipinski definition) is 4. The average molecular weight is 305 g/mol. The van der Waals surface area contributed by atoms with Crippen LogP contribution in [0.3, 0.4) is 0 Å². The summed E-state index contributed by atoms with van der Waals surface area (Å²) in [6.07, 6.45) is 3.11. The van der Waals surface area contributed by atoms with Gasteiger partial charge >= 0.3 is 11.1 Å². The van der Waals surface area contributed by atoms with Crippen LogP contribution in [-0.4, -0.2) is 21.2 Å². The molecular weight excluding hydrogens is 290 g/mol. The third-order valence-corrected chi connectivity index (χ3v) is 3.34. The Morgan fingerprint density at radius 2 is 2.00 bits per heavy atom. The summed E-state index contributed by atoms with van der Waals surface area (Å²) >= 11 is 4.98. The van der Waals surface area contributed by atoms with Crippen molar-refractivity contribution in [2.45, 2.75) is 6.54 Å². The van der Waals surface area contributed by atoms with E-state index in [-0.39, 0.29) is 11.5 Å². The number of nitrogens with two attached hydrogens (primary N) is 1. The van der Waals surface area contributed by atoms with Crippen LogP contribution >= 0.6 is 12.2 Å². The van der Waals surface area contributed by atoms with E-state index in [1.165, 1.54) is 23.3 Å². The molecule has 0 fully saturated rings. The van der Waals surface area contributed by atoms with Gasteiger partial charge in [-0.1, -0.05) is 18.3 Å². The molecule has 0 aliphatic heterocycles. The van der Waals surface area contributed by atoms with E-state index in [9.17, 15) is 9.59 Å². The molecule has 0 amide bonds. The Bertz CT molecular complexity index is 808. The third kappa shape index (κ3) is 3.03. The van der Waals surface area contributed by atoms with E-state index in [1.54, 1.807) is 30.6 Å². The van der Waals surface area contributed by atoms with E-state index < -0.39 is 11.1 Å². The Kier molecular flexibility index (Phi) is 4.23. The molecule has 0 bridgehead atoms. The van der Waals surface area contributed by atoms with Crippen molar-refractivity contribution in [1.82, 2.24) is 9.13 Å². The predicted molar refractivity (Wildman–Crippen MR) is 83.9 cm³/mol. The largest absolute Gasteiger partial charge is 0.496 e. The highest BCUT2D eigenvalue weighted by atomic mass is 32.1. The number of rotatable bonds is 4. The number of methoxy groups -OCH3 is 1. The normalized spacial score (nSPS) is 10.4. The van der Waals surface area contributed by atoms with Crippen LogP contribution in [0.1, 0.15) is 11.1 Å². The highest BCUT2D eigenvalue weighted by Crippen LogP contribution is 2.20. The number of thiocarbonyl (C=S) groups is 1. The summed E-state index contributed by atoms with van der Waals surface area (Å²) in [5.41, 5.74) is 5.91. The lowest BCUT2D eigenvalue weighted by molar-refractivity contribution is 0.414. The number of benzene rings is 1. The van der Waals surface area contributed by atoms with Crippen LogP contribution in [0.15, 0.2) is 40.2 Å². The number of aromatic nitrogens is 2. The maximum absolute atomic E-state index is 11.9. The molecular formula is C14H15N3O3S. The summed E-state index contributed by atoms with van der Waals surface area (Å²) in [4.78, 5) is 23.7. The zero-order valence-electron chi connectivity index (χ0n) is 11.7. The molecule has 0 aliphatic carbocycles. The standard InChI is InChI=1S/C14H15N3O3S/c1-16-5-6-17(14(19)13(16)18)8-9-3-4-11(20-2)10(7-9)12(15)21/h3-7H,8H2,1-2H3,(H2,15,21). The van der Waals surface area contributed by atoms with Gasteiger partial charge in [-0.25, -0.2) is 0 Å². The summed E-state index contributed by atoms with van der Waals surface area (Å²) < 4.78 is 7.77. The Morgan fingerprint density at radius 1 is 1.29 bits per heavy atom. The topological polar surface area (TPSA) is 79.2 Å². The minimum atomic E-state index is -0.576. The molecule has 2 rings (SSSR count). The van der Waals surface area contributed by atoms with Gasteiger partial charge in [-0.3, -0.25) is 9.59 Å². The summed E-state index contributed by atoms with van der Waals surface area (Å²) in [6.45, 7) is 0.258. The molecule has 2 aromatic rings. The third-order valence-electron chi connectivity index (χ3n) is 3.12. The average Bonchev–Trinajstić information content (AvgIpc) is 2.47. The second-order valence-corrected chi connectivity index (χ2v) is 4.99. The second-order valence-electron chi connectivity index (χ2n) is 4.55. The molecule has 1 aromatic heterocycles. The molecule has 7 heteroatoms. The van der Waals surface area contributed by atoms with Crippen molar-refractivity contribution in [1.29, 1.82) is 0 Å². The SMILES string of the molecule is COc1ccc(Cn2ccn(C)c(=O)c2=O)cc1C(N)=S. The van der Waals surface area contributed by atoms with E-state index in [2.05, 4.69) is 0 Å². The maximum atomic E-state index is 11.9. The lowest BCUT2D eigenvalue weighted by Gasteiger charge is -2.11. The van der Waals surface area contributed by atoms with Crippen molar-refractivity contribution in [3.05, 3.63) is 62.4 Å². The van der Waals surface area contributed by atoms with Crippen molar-refractivity contribution in [3.63, 3.8) is 0 Å². The molecule has 21 heavy (non-hydrogen) atoms. The number of nitrogens with zero attached hydrogens (tertiary/aromatic N) is 2. The van der Waals surface area contributed by atoms with Gasteiger partial charge in [0.2, 0.25) is 0 Å². The molecule has 0 aliphatic rings. The summed E-state index contributed by atoms with van der Waals surface area (Å²) in [6, 6.07) is 5.28. The Hall–Kier alpha value is -2.41. The molecule has 110 valence electrons. The highest BCUT2D eigenvalue weighted by Gasteiger charge is 2.09. The molecule has 1 heterocycles. The fourth-order valence-electron chi connectivity index (χ4n) is 1.96. The lowest BCUT2D eigenvalue weighted by Crippen LogP contribution is -2.39. The zero-order chi connectivity index (χ0) is 15.6.